The van der Waals surface area contributed by atoms with E-state index in [1.54, 1.807) is 24.3 Å². The van der Waals surface area contributed by atoms with Crippen LogP contribution in [0.4, 0.5) is 0 Å². The van der Waals surface area contributed by atoms with Gasteiger partial charge in [-0.3, -0.25) is 0 Å². The van der Waals surface area contributed by atoms with Crippen LogP contribution < -0.4 is 0 Å². The molecule has 1 aliphatic heterocycles. The Morgan fingerprint density at radius 1 is 0.957 bits per heavy atom. The van der Waals surface area contributed by atoms with Crippen LogP contribution in [0.2, 0.25) is 0 Å². The van der Waals surface area contributed by atoms with Crippen LogP contribution in [0.15, 0.2) is 47.4 Å². The first-order valence-electron chi connectivity index (χ1n) is 7.68. The molecule has 1 aliphatic rings. The Morgan fingerprint density at radius 3 is 2.22 bits per heavy atom. The van der Waals surface area contributed by atoms with Crippen molar-refractivity contribution in [1.82, 2.24) is 5.06 Å². The van der Waals surface area contributed by atoms with Gasteiger partial charge < -0.3 is 0 Å². The maximum Gasteiger partial charge on any atom is 0.313 e. The van der Waals surface area contributed by atoms with Crippen LogP contribution in [-0.2, 0) is 14.4 Å². The average Bonchev–Trinajstić information content (AvgIpc) is 2.46. The van der Waals surface area contributed by atoms with Gasteiger partial charge in [0.05, 0.1) is 4.90 Å². The zero-order chi connectivity index (χ0) is 16.6. The second-order valence-electron chi connectivity index (χ2n) is 6.23. The highest BCUT2D eigenvalue weighted by molar-refractivity contribution is 7.86. The van der Waals surface area contributed by atoms with Crippen LogP contribution in [0.5, 0.6) is 0 Å². The number of hydrogen-bond donors (Lipinski definition) is 0. The molecule has 0 amide bonds. The molecule has 0 N–H and O–H groups in total. The molecule has 0 saturated carbocycles. The summed E-state index contributed by atoms with van der Waals surface area (Å²) in [7, 11) is -3.73. The first-order chi connectivity index (χ1) is 10.8. The van der Waals surface area contributed by atoms with Crippen LogP contribution in [0, 0.1) is 20.8 Å². The monoisotopic (exact) mass is 331 g/mol. The highest BCUT2D eigenvalue weighted by atomic mass is 32.2. The fraction of sp³-hybridized carbons (Fsp3) is 0.333. The van der Waals surface area contributed by atoms with E-state index in [2.05, 4.69) is 32.0 Å². The summed E-state index contributed by atoms with van der Waals surface area (Å²) in [6, 6.07) is 13.1. The van der Waals surface area contributed by atoms with Crippen molar-refractivity contribution in [3.63, 3.8) is 0 Å². The molecule has 122 valence electrons. The first kappa shape index (κ1) is 16.2. The molecule has 5 heteroatoms. The van der Waals surface area contributed by atoms with E-state index >= 15 is 0 Å². The topological polar surface area (TPSA) is 46.6 Å². The molecule has 0 spiro atoms. The Kier molecular flexibility index (Phi) is 4.27. The number of benzene rings is 2. The second kappa shape index (κ2) is 6.07. The van der Waals surface area contributed by atoms with E-state index in [-0.39, 0.29) is 4.90 Å². The van der Waals surface area contributed by atoms with Crippen molar-refractivity contribution < 1.29 is 12.7 Å². The SMILES string of the molecule is Cc1ccc(S(=O)(=O)ON2CC(c3ccc(C)c(C)c3)C2)cc1. The number of nitrogens with zero attached hydrogens (tertiary/aromatic N) is 1. The van der Waals surface area contributed by atoms with Crippen molar-refractivity contribution in [3.05, 3.63) is 64.7 Å². The minimum atomic E-state index is -3.73. The highest BCUT2D eigenvalue weighted by Gasteiger charge is 2.33. The largest absolute Gasteiger partial charge is 0.313 e. The summed E-state index contributed by atoms with van der Waals surface area (Å²) in [5, 5.41) is 1.51. The minimum absolute atomic E-state index is 0.192. The van der Waals surface area contributed by atoms with Gasteiger partial charge in [0.1, 0.15) is 0 Å². The Balaban J connectivity index is 1.63. The van der Waals surface area contributed by atoms with Gasteiger partial charge in [-0.2, -0.15) is 17.8 Å². The Labute approximate surface area is 137 Å². The summed E-state index contributed by atoms with van der Waals surface area (Å²) in [6.07, 6.45) is 0. The standard InChI is InChI=1S/C18H21NO3S/c1-13-4-8-18(9-5-13)23(20,21)22-19-11-17(12-19)16-7-6-14(2)15(3)10-16/h4-10,17H,11-12H2,1-3H3. The van der Waals surface area contributed by atoms with Crippen LogP contribution in [0.25, 0.3) is 0 Å². The van der Waals surface area contributed by atoms with Crippen LogP contribution in [-0.4, -0.2) is 26.6 Å². The molecule has 2 aromatic carbocycles. The van der Waals surface area contributed by atoms with E-state index in [4.69, 9.17) is 4.28 Å². The number of rotatable bonds is 4. The van der Waals surface area contributed by atoms with Crippen LogP contribution in [0.1, 0.15) is 28.2 Å². The average molecular weight is 331 g/mol. The lowest BCUT2D eigenvalue weighted by atomic mass is 9.91. The molecule has 0 radical (unpaired) electrons. The molecule has 4 nitrogen and oxygen atoms in total. The summed E-state index contributed by atoms with van der Waals surface area (Å²) in [5.74, 6) is 0.322. The molecule has 0 bridgehead atoms. The highest BCUT2D eigenvalue weighted by Crippen LogP contribution is 2.30. The van der Waals surface area contributed by atoms with Crippen molar-refractivity contribution in [1.29, 1.82) is 0 Å². The number of hydrogen-bond acceptors (Lipinski definition) is 4. The first-order valence-corrected chi connectivity index (χ1v) is 9.09. The van der Waals surface area contributed by atoms with Gasteiger partial charge in [0, 0.05) is 19.0 Å². The van der Waals surface area contributed by atoms with Crippen molar-refractivity contribution in [2.75, 3.05) is 13.1 Å². The minimum Gasteiger partial charge on any atom is -0.192 e. The van der Waals surface area contributed by atoms with E-state index in [0.717, 1.165) is 5.56 Å². The molecule has 0 aliphatic carbocycles. The molecule has 1 fully saturated rings. The predicted octanol–water partition coefficient (Wildman–Crippen LogP) is 3.33. The molecule has 23 heavy (non-hydrogen) atoms. The molecule has 1 heterocycles. The molecule has 0 atom stereocenters. The van der Waals surface area contributed by atoms with Gasteiger partial charge in [-0.05, 0) is 49.6 Å². The van der Waals surface area contributed by atoms with E-state index < -0.39 is 10.1 Å². The van der Waals surface area contributed by atoms with Crippen LogP contribution >= 0.6 is 0 Å². The Hall–Kier alpha value is -1.69. The fourth-order valence-electron chi connectivity index (χ4n) is 2.62. The number of hydroxylamine groups is 2. The maximum atomic E-state index is 12.2. The van der Waals surface area contributed by atoms with E-state index in [1.807, 2.05) is 6.92 Å². The molecule has 0 aromatic heterocycles. The molecule has 1 saturated heterocycles. The van der Waals surface area contributed by atoms with Crippen molar-refractivity contribution in [2.24, 2.45) is 0 Å². The van der Waals surface area contributed by atoms with Crippen molar-refractivity contribution >= 4 is 10.1 Å². The van der Waals surface area contributed by atoms with Gasteiger partial charge in [-0.25, -0.2) is 0 Å². The lowest BCUT2D eigenvalue weighted by Gasteiger charge is -2.37. The third kappa shape index (κ3) is 3.47. The molecular weight excluding hydrogens is 310 g/mol. The van der Waals surface area contributed by atoms with E-state index in [0.29, 0.717) is 19.0 Å². The summed E-state index contributed by atoms with van der Waals surface area (Å²) >= 11 is 0. The normalized spacial score (nSPS) is 16.3. The third-order valence-corrected chi connectivity index (χ3v) is 5.62. The maximum absolute atomic E-state index is 12.2. The number of aryl methyl sites for hydroxylation is 3. The lowest BCUT2D eigenvalue weighted by molar-refractivity contribution is -0.114. The molecule has 0 unspecified atom stereocenters. The second-order valence-corrected chi connectivity index (χ2v) is 7.76. The van der Waals surface area contributed by atoms with Gasteiger partial charge in [0.25, 0.3) is 0 Å². The van der Waals surface area contributed by atoms with Gasteiger partial charge in [0.15, 0.2) is 0 Å². The summed E-state index contributed by atoms with van der Waals surface area (Å²) < 4.78 is 29.7. The predicted molar refractivity (Wildman–Crippen MR) is 89.7 cm³/mol. The zero-order valence-electron chi connectivity index (χ0n) is 13.6. The lowest BCUT2D eigenvalue weighted by Crippen LogP contribution is -2.45. The van der Waals surface area contributed by atoms with E-state index in [9.17, 15) is 8.42 Å². The third-order valence-electron chi connectivity index (χ3n) is 4.36. The Morgan fingerprint density at radius 2 is 1.61 bits per heavy atom. The summed E-state index contributed by atoms with van der Waals surface area (Å²) in [4.78, 5) is 0.192. The smallest absolute Gasteiger partial charge is 0.192 e. The Bertz CT molecular complexity index is 807. The van der Waals surface area contributed by atoms with Crippen molar-refractivity contribution in [3.8, 4) is 0 Å². The van der Waals surface area contributed by atoms with Gasteiger partial charge in [-0.1, -0.05) is 35.9 Å². The van der Waals surface area contributed by atoms with Crippen LogP contribution in [0.3, 0.4) is 0 Å². The fourth-order valence-corrected chi connectivity index (χ4v) is 3.57. The zero-order valence-corrected chi connectivity index (χ0v) is 14.4. The van der Waals surface area contributed by atoms with Crippen molar-refractivity contribution in [2.45, 2.75) is 31.6 Å². The summed E-state index contributed by atoms with van der Waals surface area (Å²) in [6.45, 7) is 7.28. The van der Waals surface area contributed by atoms with E-state index in [1.165, 1.54) is 21.8 Å². The van der Waals surface area contributed by atoms with Gasteiger partial charge in [-0.15, -0.1) is 0 Å². The molecular formula is C18H21NO3S. The summed E-state index contributed by atoms with van der Waals surface area (Å²) in [5.41, 5.74) is 4.78. The quantitative estimate of drug-likeness (QED) is 0.862. The van der Waals surface area contributed by atoms with Gasteiger partial charge >= 0.3 is 10.1 Å². The van der Waals surface area contributed by atoms with Gasteiger partial charge in [0.2, 0.25) is 0 Å². The molecule has 2 aromatic rings. The molecule has 3 rings (SSSR count).